The maximum atomic E-state index is 12.9. The number of benzene rings is 1. The average molecular weight is 368 g/mol. The van der Waals surface area contributed by atoms with E-state index in [-0.39, 0.29) is 18.5 Å². The zero-order valence-electron chi connectivity index (χ0n) is 15.6. The van der Waals surface area contributed by atoms with Crippen LogP contribution in [0.4, 0.5) is 4.79 Å². The SMILES string of the molecule is CC1CCC(NC(=O)CN2C(=O)NC(C)(c3ccc(C#N)cc3)C2=O)CC1. The van der Waals surface area contributed by atoms with E-state index in [1.807, 2.05) is 6.07 Å². The molecule has 0 bridgehead atoms. The number of nitrogens with one attached hydrogen (secondary N) is 2. The quantitative estimate of drug-likeness (QED) is 0.794. The van der Waals surface area contributed by atoms with Crippen LogP contribution in [0.3, 0.4) is 0 Å². The van der Waals surface area contributed by atoms with Gasteiger partial charge in [0.2, 0.25) is 5.91 Å². The van der Waals surface area contributed by atoms with E-state index in [1.165, 1.54) is 0 Å². The van der Waals surface area contributed by atoms with Gasteiger partial charge in [0.1, 0.15) is 12.1 Å². The van der Waals surface area contributed by atoms with Crippen molar-refractivity contribution in [2.45, 2.75) is 51.1 Å². The van der Waals surface area contributed by atoms with E-state index in [2.05, 4.69) is 17.6 Å². The highest BCUT2D eigenvalue weighted by Gasteiger charge is 2.49. The van der Waals surface area contributed by atoms with Gasteiger partial charge < -0.3 is 10.6 Å². The molecule has 0 spiro atoms. The largest absolute Gasteiger partial charge is 0.352 e. The summed E-state index contributed by atoms with van der Waals surface area (Å²) in [5.74, 6) is -0.107. The number of imide groups is 1. The first-order valence-corrected chi connectivity index (χ1v) is 9.27. The second kappa shape index (κ2) is 7.39. The molecule has 1 aromatic carbocycles. The summed E-state index contributed by atoms with van der Waals surface area (Å²) >= 11 is 0. The van der Waals surface area contributed by atoms with Crippen LogP contribution in [0.25, 0.3) is 0 Å². The molecule has 1 saturated heterocycles. The molecule has 1 saturated carbocycles. The smallest absolute Gasteiger partial charge is 0.325 e. The molecule has 7 heteroatoms. The van der Waals surface area contributed by atoms with Crippen LogP contribution in [0.2, 0.25) is 0 Å². The molecule has 27 heavy (non-hydrogen) atoms. The standard InChI is InChI=1S/C20H24N4O3/c1-13-3-9-16(10-4-13)22-17(25)12-24-18(26)20(2,23-19(24)27)15-7-5-14(11-21)6-8-15/h5-8,13,16H,3-4,9-10,12H2,1-2H3,(H,22,25)(H,23,27). The van der Waals surface area contributed by atoms with Gasteiger partial charge in [0.15, 0.2) is 0 Å². The zero-order valence-corrected chi connectivity index (χ0v) is 15.6. The minimum atomic E-state index is -1.24. The van der Waals surface area contributed by atoms with Crippen molar-refractivity contribution >= 4 is 17.8 Å². The summed E-state index contributed by atoms with van der Waals surface area (Å²) in [5, 5.41) is 14.5. The molecule has 0 radical (unpaired) electrons. The summed E-state index contributed by atoms with van der Waals surface area (Å²) in [7, 11) is 0. The van der Waals surface area contributed by atoms with Crippen LogP contribution >= 0.6 is 0 Å². The molecule has 0 aromatic heterocycles. The van der Waals surface area contributed by atoms with Gasteiger partial charge >= 0.3 is 6.03 Å². The Labute approximate surface area is 158 Å². The first-order valence-electron chi connectivity index (χ1n) is 9.27. The summed E-state index contributed by atoms with van der Waals surface area (Å²) in [6.45, 7) is 3.52. The van der Waals surface area contributed by atoms with Gasteiger partial charge in [0, 0.05) is 6.04 Å². The van der Waals surface area contributed by atoms with Crippen molar-refractivity contribution in [2.24, 2.45) is 5.92 Å². The Balaban J connectivity index is 1.66. The minimum Gasteiger partial charge on any atom is -0.352 e. The molecule has 2 aliphatic rings. The Bertz CT molecular complexity index is 790. The number of carbonyl (C=O) groups is 3. The van der Waals surface area contributed by atoms with Crippen LogP contribution in [0.1, 0.15) is 50.7 Å². The number of nitriles is 1. The molecule has 1 aliphatic carbocycles. The second-order valence-electron chi connectivity index (χ2n) is 7.66. The Morgan fingerprint density at radius 3 is 2.48 bits per heavy atom. The predicted octanol–water partition coefficient (Wildman–Crippen LogP) is 2.02. The fourth-order valence-electron chi connectivity index (χ4n) is 3.74. The van der Waals surface area contributed by atoms with Gasteiger partial charge in [0.05, 0.1) is 11.6 Å². The number of amides is 4. The fourth-order valence-corrected chi connectivity index (χ4v) is 3.74. The van der Waals surface area contributed by atoms with Gasteiger partial charge in [-0.25, -0.2) is 4.79 Å². The van der Waals surface area contributed by atoms with Crippen molar-refractivity contribution in [3.63, 3.8) is 0 Å². The highest BCUT2D eigenvalue weighted by atomic mass is 16.2. The molecular formula is C20H24N4O3. The number of hydrogen-bond donors (Lipinski definition) is 2. The average Bonchev–Trinajstić information content (AvgIpc) is 2.88. The first-order chi connectivity index (χ1) is 12.8. The van der Waals surface area contributed by atoms with Crippen molar-refractivity contribution in [2.75, 3.05) is 6.54 Å². The molecule has 142 valence electrons. The lowest BCUT2D eigenvalue weighted by atomic mass is 9.87. The maximum Gasteiger partial charge on any atom is 0.325 e. The molecule has 2 N–H and O–H groups in total. The van der Waals surface area contributed by atoms with Crippen LogP contribution in [0.5, 0.6) is 0 Å². The van der Waals surface area contributed by atoms with Gasteiger partial charge in [-0.3, -0.25) is 14.5 Å². The lowest BCUT2D eigenvalue weighted by Gasteiger charge is -2.27. The van der Waals surface area contributed by atoms with Gasteiger partial charge in [0.25, 0.3) is 5.91 Å². The maximum absolute atomic E-state index is 12.9. The Morgan fingerprint density at radius 1 is 1.26 bits per heavy atom. The molecule has 7 nitrogen and oxygen atoms in total. The van der Waals surface area contributed by atoms with Gasteiger partial charge in [-0.1, -0.05) is 19.1 Å². The molecule has 4 amide bonds. The summed E-state index contributed by atoms with van der Waals surface area (Å²) in [6, 6.07) is 8.02. The third-order valence-corrected chi connectivity index (χ3v) is 5.55. The molecule has 1 aromatic rings. The van der Waals surface area contributed by atoms with E-state index in [0.717, 1.165) is 30.6 Å². The topological polar surface area (TPSA) is 102 Å². The Morgan fingerprint density at radius 2 is 1.89 bits per heavy atom. The lowest BCUT2D eigenvalue weighted by molar-refractivity contribution is -0.135. The van der Waals surface area contributed by atoms with Gasteiger partial charge in [-0.05, 0) is 56.2 Å². The molecule has 1 unspecified atom stereocenters. The van der Waals surface area contributed by atoms with E-state index >= 15 is 0 Å². The highest BCUT2D eigenvalue weighted by Crippen LogP contribution is 2.29. The van der Waals surface area contributed by atoms with Crippen LogP contribution < -0.4 is 10.6 Å². The lowest BCUT2D eigenvalue weighted by Crippen LogP contribution is -2.46. The molecule has 1 heterocycles. The summed E-state index contributed by atoms with van der Waals surface area (Å²) in [4.78, 5) is 38.5. The summed E-state index contributed by atoms with van der Waals surface area (Å²) < 4.78 is 0. The summed E-state index contributed by atoms with van der Waals surface area (Å²) in [6.07, 6.45) is 4.00. The predicted molar refractivity (Wildman–Crippen MR) is 98.3 cm³/mol. The number of carbonyl (C=O) groups excluding carboxylic acids is 3. The fraction of sp³-hybridized carbons (Fsp3) is 0.500. The van der Waals surface area contributed by atoms with Gasteiger partial charge in [-0.15, -0.1) is 0 Å². The Hall–Kier alpha value is -2.88. The number of hydrogen-bond acceptors (Lipinski definition) is 4. The molecule has 1 aliphatic heterocycles. The van der Waals surface area contributed by atoms with E-state index in [1.54, 1.807) is 31.2 Å². The first kappa shape index (κ1) is 18.9. The van der Waals surface area contributed by atoms with Crippen molar-refractivity contribution in [1.29, 1.82) is 5.26 Å². The molecule has 3 rings (SSSR count). The molecular weight excluding hydrogens is 344 g/mol. The van der Waals surface area contributed by atoms with Crippen molar-refractivity contribution in [3.8, 4) is 6.07 Å². The van der Waals surface area contributed by atoms with Crippen LogP contribution in [-0.2, 0) is 15.1 Å². The van der Waals surface area contributed by atoms with Crippen molar-refractivity contribution < 1.29 is 14.4 Å². The van der Waals surface area contributed by atoms with E-state index in [0.29, 0.717) is 17.0 Å². The monoisotopic (exact) mass is 368 g/mol. The zero-order chi connectivity index (χ0) is 19.6. The molecule has 2 fully saturated rings. The van der Waals surface area contributed by atoms with Crippen LogP contribution in [0.15, 0.2) is 24.3 Å². The molecule has 1 atom stereocenters. The van der Waals surface area contributed by atoms with Crippen LogP contribution in [0, 0.1) is 17.2 Å². The number of urea groups is 1. The normalized spacial score (nSPS) is 27.8. The number of rotatable bonds is 4. The highest BCUT2D eigenvalue weighted by molar-refractivity contribution is 6.09. The van der Waals surface area contributed by atoms with Crippen molar-refractivity contribution in [3.05, 3.63) is 35.4 Å². The summed E-state index contributed by atoms with van der Waals surface area (Å²) in [5.41, 5.74) is -0.202. The third-order valence-electron chi connectivity index (χ3n) is 5.55. The Kier molecular flexibility index (Phi) is 5.17. The third kappa shape index (κ3) is 3.80. The van der Waals surface area contributed by atoms with E-state index < -0.39 is 17.5 Å². The van der Waals surface area contributed by atoms with Crippen molar-refractivity contribution in [1.82, 2.24) is 15.5 Å². The van der Waals surface area contributed by atoms with Gasteiger partial charge in [-0.2, -0.15) is 5.26 Å². The minimum absolute atomic E-state index is 0.111. The van der Waals surface area contributed by atoms with E-state index in [9.17, 15) is 14.4 Å². The van der Waals surface area contributed by atoms with E-state index in [4.69, 9.17) is 5.26 Å². The number of nitrogens with zero attached hydrogens (tertiary/aromatic N) is 2. The van der Waals surface area contributed by atoms with Crippen LogP contribution in [-0.4, -0.2) is 35.3 Å². The second-order valence-corrected chi connectivity index (χ2v) is 7.66.